The molecule has 1 aliphatic heterocycles. The molecule has 0 bridgehead atoms. The molecule has 0 spiro atoms. The molecule has 0 radical (unpaired) electrons. The Labute approximate surface area is 185 Å². The number of carbonyl (C=O) groups is 1. The largest absolute Gasteiger partial charge is 0.394 e. The lowest BCUT2D eigenvalue weighted by Crippen LogP contribution is -2.59. The van der Waals surface area contributed by atoms with Crippen LogP contribution >= 0.6 is 0 Å². The van der Waals surface area contributed by atoms with Gasteiger partial charge in [-0.25, -0.2) is 0 Å². The van der Waals surface area contributed by atoms with Gasteiger partial charge in [0.05, 0.1) is 6.61 Å². The first-order valence-electron chi connectivity index (χ1n) is 10.4. The summed E-state index contributed by atoms with van der Waals surface area (Å²) in [5, 5.41) is 53.0. The van der Waals surface area contributed by atoms with Gasteiger partial charge in [-0.3, -0.25) is 4.79 Å². The van der Waals surface area contributed by atoms with Gasteiger partial charge >= 0.3 is 0 Å². The number of hydrogen-bond acceptors (Lipinski definition) is 8. The Kier molecular flexibility index (Phi) is 8.71. The molecule has 1 amide bonds. The third kappa shape index (κ3) is 5.90. The van der Waals surface area contributed by atoms with Gasteiger partial charge in [0, 0.05) is 6.54 Å². The molecular formula is C23H29NO8. The van der Waals surface area contributed by atoms with E-state index in [9.17, 15) is 30.3 Å². The van der Waals surface area contributed by atoms with Crippen molar-refractivity contribution in [3.8, 4) is 0 Å². The number of aliphatic hydroxyl groups excluding tert-OH is 5. The fraction of sp³-hybridized carbons (Fsp3) is 0.435. The molecule has 6 N–H and O–H groups in total. The van der Waals surface area contributed by atoms with Gasteiger partial charge in [0.1, 0.15) is 30.5 Å². The highest BCUT2D eigenvalue weighted by Crippen LogP contribution is 2.29. The minimum absolute atomic E-state index is 0.293. The SMILES string of the molecule is O=C(NCCc1ccccc1)[C@@H](O)[C@@H](O[C@@H]1O[C@H](CO)[C@@H](O)[C@H](O)[C@H]1O)c1ccccc1. The van der Waals surface area contributed by atoms with Gasteiger partial charge < -0.3 is 40.3 Å². The molecule has 0 unspecified atom stereocenters. The minimum Gasteiger partial charge on any atom is -0.394 e. The van der Waals surface area contributed by atoms with Crippen LogP contribution in [0.25, 0.3) is 0 Å². The maximum Gasteiger partial charge on any atom is 0.251 e. The first-order valence-corrected chi connectivity index (χ1v) is 10.4. The lowest BCUT2D eigenvalue weighted by Gasteiger charge is -2.41. The molecule has 32 heavy (non-hydrogen) atoms. The van der Waals surface area contributed by atoms with E-state index in [0.29, 0.717) is 18.5 Å². The van der Waals surface area contributed by atoms with Crippen LogP contribution in [0.5, 0.6) is 0 Å². The quantitative estimate of drug-likeness (QED) is 0.295. The van der Waals surface area contributed by atoms with Crippen molar-refractivity contribution in [1.82, 2.24) is 5.32 Å². The minimum atomic E-state index is -1.66. The molecule has 0 aliphatic carbocycles. The van der Waals surface area contributed by atoms with Crippen molar-refractivity contribution in [3.05, 3.63) is 71.8 Å². The molecule has 1 saturated heterocycles. The van der Waals surface area contributed by atoms with Gasteiger partial charge in [-0.2, -0.15) is 0 Å². The molecule has 9 heteroatoms. The zero-order chi connectivity index (χ0) is 23.1. The average Bonchev–Trinajstić information content (AvgIpc) is 2.83. The van der Waals surface area contributed by atoms with E-state index >= 15 is 0 Å². The maximum absolute atomic E-state index is 12.6. The van der Waals surface area contributed by atoms with E-state index in [-0.39, 0.29) is 0 Å². The summed E-state index contributed by atoms with van der Waals surface area (Å²) in [6, 6.07) is 17.9. The fourth-order valence-corrected chi connectivity index (χ4v) is 3.52. The smallest absolute Gasteiger partial charge is 0.251 e. The van der Waals surface area contributed by atoms with Crippen molar-refractivity contribution >= 4 is 5.91 Å². The second-order valence-corrected chi connectivity index (χ2v) is 7.64. The van der Waals surface area contributed by atoms with Crippen LogP contribution < -0.4 is 5.32 Å². The molecule has 2 aromatic carbocycles. The molecule has 9 nitrogen and oxygen atoms in total. The fourth-order valence-electron chi connectivity index (χ4n) is 3.52. The van der Waals surface area contributed by atoms with Crippen molar-refractivity contribution in [2.75, 3.05) is 13.2 Å². The molecule has 7 atom stereocenters. The van der Waals surface area contributed by atoms with E-state index in [1.807, 2.05) is 30.3 Å². The Morgan fingerprint density at radius 1 is 0.969 bits per heavy atom. The van der Waals surface area contributed by atoms with E-state index in [1.165, 1.54) is 0 Å². The number of hydrogen-bond donors (Lipinski definition) is 6. The first kappa shape index (κ1) is 24.3. The molecule has 0 aromatic heterocycles. The first-order chi connectivity index (χ1) is 15.4. The zero-order valence-corrected chi connectivity index (χ0v) is 17.4. The van der Waals surface area contributed by atoms with Crippen LogP contribution in [0.15, 0.2) is 60.7 Å². The highest BCUT2D eigenvalue weighted by Gasteiger charge is 2.46. The topological polar surface area (TPSA) is 149 Å². The monoisotopic (exact) mass is 447 g/mol. The lowest BCUT2D eigenvalue weighted by atomic mass is 9.98. The van der Waals surface area contributed by atoms with E-state index in [0.717, 1.165) is 5.56 Å². The van der Waals surface area contributed by atoms with Crippen LogP contribution in [-0.2, 0) is 20.7 Å². The van der Waals surface area contributed by atoms with Crippen LogP contribution in [0.3, 0.4) is 0 Å². The Hall–Kier alpha value is -2.37. The normalized spacial score (nSPS) is 27.5. The van der Waals surface area contributed by atoms with Crippen LogP contribution in [0.1, 0.15) is 17.2 Å². The standard InChI is InChI=1S/C23H29NO8/c25-13-16-17(26)18(27)19(28)23(31-16)32-21(15-9-5-2-6-10-15)20(29)22(30)24-12-11-14-7-3-1-4-8-14/h1-10,16-21,23,25-29H,11-13H2,(H,24,30)/t16-,17-,18+,19-,20+,21+,23+/m1/s1. The van der Waals surface area contributed by atoms with Gasteiger partial charge in [0.25, 0.3) is 5.91 Å². The Morgan fingerprint density at radius 2 is 1.59 bits per heavy atom. The summed E-state index contributed by atoms with van der Waals surface area (Å²) >= 11 is 0. The van der Waals surface area contributed by atoms with E-state index < -0.39 is 55.4 Å². The molecule has 3 rings (SSSR count). The maximum atomic E-state index is 12.6. The van der Waals surface area contributed by atoms with Gasteiger partial charge in [-0.05, 0) is 17.5 Å². The van der Waals surface area contributed by atoms with E-state index in [4.69, 9.17) is 9.47 Å². The van der Waals surface area contributed by atoms with Crippen molar-refractivity contribution in [2.24, 2.45) is 0 Å². The van der Waals surface area contributed by atoms with Gasteiger partial charge in [-0.1, -0.05) is 60.7 Å². The average molecular weight is 447 g/mol. The Morgan fingerprint density at radius 3 is 2.22 bits per heavy atom. The number of aliphatic hydroxyl groups is 5. The summed E-state index contributed by atoms with van der Waals surface area (Å²) in [6.07, 6.45) is -9.84. The summed E-state index contributed by atoms with van der Waals surface area (Å²) in [6.45, 7) is -0.329. The van der Waals surface area contributed by atoms with Gasteiger partial charge in [0.15, 0.2) is 12.4 Å². The molecule has 1 fully saturated rings. The highest BCUT2D eigenvalue weighted by atomic mass is 16.7. The lowest BCUT2D eigenvalue weighted by molar-refractivity contribution is -0.317. The predicted octanol–water partition coefficient (Wildman–Crippen LogP) is -0.736. The van der Waals surface area contributed by atoms with E-state index in [2.05, 4.69) is 5.32 Å². The predicted molar refractivity (Wildman–Crippen MR) is 113 cm³/mol. The molecule has 174 valence electrons. The third-order valence-corrected chi connectivity index (χ3v) is 5.37. The third-order valence-electron chi connectivity index (χ3n) is 5.37. The number of nitrogens with one attached hydrogen (secondary N) is 1. The summed E-state index contributed by atoms with van der Waals surface area (Å²) < 4.78 is 11.1. The van der Waals surface area contributed by atoms with Crippen LogP contribution in [-0.4, -0.2) is 81.4 Å². The van der Waals surface area contributed by atoms with Crippen LogP contribution in [0, 0.1) is 0 Å². The van der Waals surface area contributed by atoms with Crippen molar-refractivity contribution in [3.63, 3.8) is 0 Å². The van der Waals surface area contributed by atoms with Gasteiger partial charge in [0.2, 0.25) is 0 Å². The molecule has 1 aliphatic rings. The summed E-state index contributed by atoms with van der Waals surface area (Å²) in [5.41, 5.74) is 1.47. The Bertz CT molecular complexity index is 834. The van der Waals surface area contributed by atoms with E-state index in [1.54, 1.807) is 30.3 Å². The Balaban J connectivity index is 1.70. The number of benzene rings is 2. The van der Waals surface area contributed by atoms with Crippen molar-refractivity contribution in [1.29, 1.82) is 0 Å². The van der Waals surface area contributed by atoms with Crippen molar-refractivity contribution in [2.45, 2.75) is 49.3 Å². The number of carbonyl (C=O) groups excluding carboxylic acids is 1. The number of amides is 1. The molecular weight excluding hydrogens is 418 g/mol. The molecule has 2 aromatic rings. The number of ether oxygens (including phenoxy) is 2. The van der Waals surface area contributed by atoms with Gasteiger partial charge in [-0.15, -0.1) is 0 Å². The van der Waals surface area contributed by atoms with Crippen LogP contribution in [0.2, 0.25) is 0 Å². The second-order valence-electron chi connectivity index (χ2n) is 7.64. The summed E-state index contributed by atoms with van der Waals surface area (Å²) in [7, 11) is 0. The highest BCUT2D eigenvalue weighted by molar-refractivity contribution is 5.81. The number of rotatable bonds is 9. The second kappa shape index (κ2) is 11.5. The van der Waals surface area contributed by atoms with Crippen molar-refractivity contribution < 1.29 is 39.8 Å². The van der Waals surface area contributed by atoms with Crippen LogP contribution in [0.4, 0.5) is 0 Å². The molecule has 1 heterocycles. The zero-order valence-electron chi connectivity index (χ0n) is 17.4. The summed E-state index contributed by atoms with van der Waals surface area (Å²) in [4.78, 5) is 12.6. The summed E-state index contributed by atoms with van der Waals surface area (Å²) in [5.74, 6) is -0.681. The molecule has 0 saturated carbocycles.